The lowest BCUT2D eigenvalue weighted by Crippen LogP contribution is -2.10. The molecule has 0 radical (unpaired) electrons. The van der Waals surface area contributed by atoms with Gasteiger partial charge in [0.25, 0.3) is 0 Å². The molecule has 0 aliphatic heterocycles. The van der Waals surface area contributed by atoms with Crippen molar-refractivity contribution in [2.45, 2.75) is 20.5 Å². The van der Waals surface area contributed by atoms with Crippen molar-refractivity contribution < 1.29 is 28.2 Å². The van der Waals surface area contributed by atoms with Gasteiger partial charge in [-0.3, -0.25) is 4.79 Å². The van der Waals surface area contributed by atoms with E-state index < -0.39 is 0 Å². The largest absolute Gasteiger partial charge is 0.497 e. The molecule has 0 saturated carbocycles. The Bertz CT molecular complexity index is 1300. The zero-order valence-electron chi connectivity index (χ0n) is 20.2. The number of aryl methyl sites for hydroxylation is 2. The SMILES string of the molecule is COCOc1cc(OC)cc(C)c1C(=O)c1ccc(OCc2nc(-c3ccccc3)oc2C)cc1. The summed E-state index contributed by atoms with van der Waals surface area (Å²) in [5.41, 5.74) is 3.35. The van der Waals surface area contributed by atoms with Gasteiger partial charge in [-0.15, -0.1) is 0 Å². The lowest BCUT2D eigenvalue weighted by atomic mass is 9.97. The average Bonchev–Trinajstić information content (AvgIpc) is 3.26. The molecule has 0 N–H and O–H groups in total. The molecule has 0 aliphatic carbocycles. The lowest BCUT2D eigenvalue weighted by Gasteiger charge is -2.15. The standard InChI is InChI=1S/C28H27NO6/c1-18-14-23(32-4)15-25(34-17-31-3)26(18)27(30)20-10-12-22(13-11-20)33-16-24-19(2)35-28(29-24)21-8-6-5-7-9-21/h5-15H,16-17H2,1-4H3. The first-order valence-electron chi connectivity index (χ1n) is 11.1. The van der Waals surface area contributed by atoms with Crippen LogP contribution in [0.2, 0.25) is 0 Å². The number of carbonyl (C=O) groups excluding carboxylic acids is 1. The molecule has 1 aromatic heterocycles. The molecule has 0 amide bonds. The number of methoxy groups -OCH3 is 2. The summed E-state index contributed by atoms with van der Waals surface area (Å²) in [4.78, 5) is 17.9. The minimum atomic E-state index is -0.164. The predicted octanol–water partition coefficient (Wildman–Crippen LogP) is 5.76. The Balaban J connectivity index is 1.48. The molecule has 0 bridgehead atoms. The maximum absolute atomic E-state index is 13.3. The minimum absolute atomic E-state index is 0.0209. The second kappa shape index (κ2) is 10.9. The van der Waals surface area contributed by atoms with E-state index in [9.17, 15) is 4.79 Å². The smallest absolute Gasteiger partial charge is 0.226 e. The van der Waals surface area contributed by atoms with E-state index in [0.29, 0.717) is 40.0 Å². The summed E-state index contributed by atoms with van der Waals surface area (Å²) in [6, 6.07) is 20.2. The van der Waals surface area contributed by atoms with Crippen LogP contribution in [0.1, 0.15) is 32.9 Å². The molecule has 7 nitrogen and oxygen atoms in total. The molecule has 0 saturated heterocycles. The van der Waals surface area contributed by atoms with Crippen molar-refractivity contribution in [1.29, 1.82) is 0 Å². The van der Waals surface area contributed by atoms with Gasteiger partial charge < -0.3 is 23.4 Å². The van der Waals surface area contributed by atoms with Crippen LogP contribution in [0.5, 0.6) is 17.2 Å². The Morgan fingerprint density at radius 1 is 0.914 bits per heavy atom. The van der Waals surface area contributed by atoms with Crippen LogP contribution in [0.4, 0.5) is 0 Å². The molecule has 3 aromatic carbocycles. The molecule has 0 atom stereocenters. The van der Waals surface area contributed by atoms with E-state index in [2.05, 4.69) is 4.98 Å². The van der Waals surface area contributed by atoms with Gasteiger partial charge in [0.2, 0.25) is 5.89 Å². The molecule has 0 aliphatic rings. The van der Waals surface area contributed by atoms with E-state index in [1.165, 1.54) is 7.11 Å². The van der Waals surface area contributed by atoms with Gasteiger partial charge in [-0.2, -0.15) is 0 Å². The fourth-order valence-corrected chi connectivity index (χ4v) is 3.63. The fraction of sp³-hybridized carbons (Fsp3) is 0.214. The van der Waals surface area contributed by atoms with Gasteiger partial charge in [0.15, 0.2) is 12.6 Å². The molecule has 7 heteroatoms. The Kier molecular flexibility index (Phi) is 7.48. The summed E-state index contributed by atoms with van der Waals surface area (Å²) in [6.45, 7) is 3.98. The second-order valence-corrected chi connectivity index (χ2v) is 7.90. The van der Waals surface area contributed by atoms with Crippen molar-refractivity contribution in [2.24, 2.45) is 0 Å². The van der Waals surface area contributed by atoms with Gasteiger partial charge in [-0.1, -0.05) is 18.2 Å². The van der Waals surface area contributed by atoms with Crippen LogP contribution in [0.3, 0.4) is 0 Å². The number of carbonyl (C=O) groups is 1. The van der Waals surface area contributed by atoms with Crippen LogP contribution in [0.25, 0.3) is 11.5 Å². The van der Waals surface area contributed by atoms with Gasteiger partial charge in [-0.25, -0.2) is 4.98 Å². The monoisotopic (exact) mass is 473 g/mol. The number of ether oxygens (including phenoxy) is 4. The van der Waals surface area contributed by atoms with Crippen LogP contribution in [0.15, 0.2) is 71.1 Å². The van der Waals surface area contributed by atoms with Crippen LogP contribution in [0, 0.1) is 13.8 Å². The summed E-state index contributed by atoms with van der Waals surface area (Å²) >= 11 is 0. The summed E-state index contributed by atoms with van der Waals surface area (Å²) < 4.78 is 27.7. The molecule has 4 aromatic rings. The van der Waals surface area contributed by atoms with Crippen LogP contribution < -0.4 is 14.2 Å². The van der Waals surface area contributed by atoms with Gasteiger partial charge >= 0.3 is 0 Å². The number of nitrogens with zero attached hydrogens (tertiary/aromatic N) is 1. The summed E-state index contributed by atoms with van der Waals surface area (Å²) in [5, 5.41) is 0. The number of aromatic nitrogens is 1. The van der Waals surface area contributed by atoms with E-state index in [1.807, 2.05) is 44.2 Å². The van der Waals surface area contributed by atoms with Gasteiger partial charge in [0.1, 0.15) is 35.3 Å². The highest BCUT2D eigenvalue weighted by molar-refractivity contribution is 6.11. The number of ketones is 1. The van der Waals surface area contributed by atoms with Crippen LogP contribution in [-0.4, -0.2) is 31.8 Å². The molecule has 180 valence electrons. The number of hydrogen-bond donors (Lipinski definition) is 0. The average molecular weight is 474 g/mol. The minimum Gasteiger partial charge on any atom is -0.497 e. The number of oxazole rings is 1. The van der Waals surface area contributed by atoms with E-state index in [-0.39, 0.29) is 19.2 Å². The third kappa shape index (κ3) is 5.53. The zero-order chi connectivity index (χ0) is 24.8. The van der Waals surface area contributed by atoms with E-state index >= 15 is 0 Å². The summed E-state index contributed by atoms with van der Waals surface area (Å²) in [7, 11) is 3.09. The highest BCUT2D eigenvalue weighted by Gasteiger charge is 2.20. The molecular weight excluding hydrogens is 446 g/mol. The van der Waals surface area contributed by atoms with Gasteiger partial charge in [0, 0.05) is 24.3 Å². The fourth-order valence-electron chi connectivity index (χ4n) is 3.63. The first-order valence-corrected chi connectivity index (χ1v) is 11.1. The van der Waals surface area contributed by atoms with E-state index in [4.69, 9.17) is 23.4 Å². The number of rotatable bonds is 10. The first-order chi connectivity index (χ1) is 17.0. The maximum atomic E-state index is 13.3. The Morgan fingerprint density at radius 2 is 1.66 bits per heavy atom. The predicted molar refractivity (Wildman–Crippen MR) is 131 cm³/mol. The zero-order valence-corrected chi connectivity index (χ0v) is 20.2. The van der Waals surface area contributed by atoms with Crippen molar-refractivity contribution >= 4 is 5.78 Å². The summed E-state index contributed by atoms with van der Waals surface area (Å²) in [5.74, 6) is 2.73. The molecule has 0 unspecified atom stereocenters. The lowest BCUT2D eigenvalue weighted by molar-refractivity contribution is 0.0501. The van der Waals surface area contributed by atoms with Crippen molar-refractivity contribution in [3.8, 4) is 28.7 Å². The molecule has 0 spiro atoms. The topological polar surface area (TPSA) is 80.0 Å². The molecule has 35 heavy (non-hydrogen) atoms. The number of benzene rings is 3. The van der Waals surface area contributed by atoms with Crippen LogP contribution >= 0.6 is 0 Å². The third-order valence-electron chi connectivity index (χ3n) is 5.47. The maximum Gasteiger partial charge on any atom is 0.226 e. The highest BCUT2D eigenvalue weighted by atomic mass is 16.7. The van der Waals surface area contributed by atoms with Crippen molar-refractivity contribution in [3.63, 3.8) is 0 Å². The Labute approximate surface area is 204 Å². The van der Waals surface area contributed by atoms with Crippen molar-refractivity contribution in [1.82, 2.24) is 4.98 Å². The normalized spacial score (nSPS) is 10.7. The molecular formula is C28H27NO6. The third-order valence-corrected chi connectivity index (χ3v) is 5.47. The quantitative estimate of drug-likeness (QED) is 0.214. The second-order valence-electron chi connectivity index (χ2n) is 7.90. The Hall–Kier alpha value is -4.10. The van der Waals surface area contributed by atoms with Crippen molar-refractivity contribution in [2.75, 3.05) is 21.0 Å². The van der Waals surface area contributed by atoms with E-state index in [0.717, 1.165) is 16.8 Å². The van der Waals surface area contributed by atoms with Crippen LogP contribution in [-0.2, 0) is 11.3 Å². The van der Waals surface area contributed by atoms with Gasteiger partial charge in [-0.05, 0) is 61.9 Å². The molecule has 4 rings (SSSR count). The van der Waals surface area contributed by atoms with E-state index in [1.54, 1.807) is 43.5 Å². The number of hydrogen-bond acceptors (Lipinski definition) is 7. The van der Waals surface area contributed by atoms with Gasteiger partial charge in [0.05, 0.1) is 12.7 Å². The molecule has 0 fully saturated rings. The summed E-state index contributed by atoms with van der Waals surface area (Å²) in [6.07, 6.45) is 0. The highest BCUT2D eigenvalue weighted by Crippen LogP contribution is 2.31. The van der Waals surface area contributed by atoms with Crippen molar-refractivity contribution in [3.05, 3.63) is 94.9 Å². The molecule has 1 heterocycles. The first kappa shape index (κ1) is 24.0. The Morgan fingerprint density at radius 3 is 2.34 bits per heavy atom.